The Morgan fingerprint density at radius 3 is 3.00 bits per heavy atom. The molecule has 1 aromatic heterocycles. The molecule has 13 heavy (non-hydrogen) atoms. The minimum absolute atomic E-state index is 0.520. The lowest BCUT2D eigenvalue weighted by Crippen LogP contribution is -2.33. The van der Waals surface area contributed by atoms with Gasteiger partial charge in [-0.3, -0.25) is 10.1 Å². The zero-order chi connectivity index (χ0) is 9.84. The van der Waals surface area contributed by atoms with E-state index in [1.165, 1.54) is 11.3 Å². The lowest BCUT2D eigenvalue weighted by atomic mass is 10.3. The van der Waals surface area contributed by atoms with Crippen molar-refractivity contribution in [3.8, 4) is 0 Å². The maximum absolute atomic E-state index is 10.4. The van der Waals surface area contributed by atoms with Crippen LogP contribution in [0.5, 0.6) is 0 Å². The molecule has 5 heteroatoms. The summed E-state index contributed by atoms with van der Waals surface area (Å²) in [4.78, 5) is 14.7. The highest BCUT2D eigenvalue weighted by Crippen LogP contribution is 2.07. The Morgan fingerprint density at radius 2 is 2.54 bits per heavy atom. The molecule has 0 amide bonds. The number of nitrogens with one attached hydrogen (secondary N) is 1. The molecule has 1 rings (SSSR count). The molecule has 0 aliphatic carbocycles. The van der Waals surface area contributed by atoms with E-state index in [-0.39, 0.29) is 0 Å². The van der Waals surface area contributed by atoms with Crippen molar-refractivity contribution in [2.45, 2.75) is 26.4 Å². The number of nitrogens with zero attached hydrogens (tertiary/aromatic N) is 1. The number of carboxylic acids is 1. The number of thiazole rings is 1. The SMILES string of the molecule is Cc1csc(CN[C@H](C)C(=O)O)n1. The summed E-state index contributed by atoms with van der Waals surface area (Å²) in [7, 11) is 0. The standard InChI is InChI=1S/C8H12N2O2S/c1-5-4-13-7(10-5)3-9-6(2)8(11)12/h4,6,9H,3H2,1-2H3,(H,11,12)/t6-/m1/s1. The van der Waals surface area contributed by atoms with E-state index < -0.39 is 12.0 Å². The van der Waals surface area contributed by atoms with E-state index in [2.05, 4.69) is 10.3 Å². The van der Waals surface area contributed by atoms with Crippen molar-refractivity contribution in [1.82, 2.24) is 10.3 Å². The predicted octanol–water partition coefficient (Wildman–Crippen LogP) is 1.01. The van der Waals surface area contributed by atoms with Gasteiger partial charge < -0.3 is 5.11 Å². The van der Waals surface area contributed by atoms with Gasteiger partial charge in [0.15, 0.2) is 0 Å². The van der Waals surface area contributed by atoms with Gasteiger partial charge in [0.2, 0.25) is 0 Å². The molecule has 0 aliphatic heterocycles. The summed E-state index contributed by atoms with van der Waals surface area (Å²) in [6.07, 6.45) is 0. The third kappa shape index (κ3) is 3.12. The topological polar surface area (TPSA) is 62.2 Å². The van der Waals surface area contributed by atoms with Gasteiger partial charge in [-0.1, -0.05) is 0 Å². The fraction of sp³-hybridized carbons (Fsp3) is 0.500. The van der Waals surface area contributed by atoms with Crippen LogP contribution in [0.15, 0.2) is 5.38 Å². The number of aryl methyl sites for hydroxylation is 1. The van der Waals surface area contributed by atoms with Crippen LogP contribution < -0.4 is 5.32 Å². The van der Waals surface area contributed by atoms with E-state index in [0.29, 0.717) is 6.54 Å². The third-order valence-corrected chi connectivity index (χ3v) is 2.56. The molecule has 1 aromatic rings. The highest BCUT2D eigenvalue weighted by molar-refractivity contribution is 7.09. The smallest absolute Gasteiger partial charge is 0.320 e. The van der Waals surface area contributed by atoms with Crippen LogP contribution in [0.1, 0.15) is 17.6 Å². The zero-order valence-corrected chi connectivity index (χ0v) is 8.39. The van der Waals surface area contributed by atoms with E-state index in [1.54, 1.807) is 6.92 Å². The minimum Gasteiger partial charge on any atom is -0.480 e. The number of rotatable bonds is 4. The Hall–Kier alpha value is -0.940. The summed E-state index contributed by atoms with van der Waals surface area (Å²) in [5.41, 5.74) is 0.977. The molecular weight excluding hydrogens is 188 g/mol. The molecular formula is C8H12N2O2S. The van der Waals surface area contributed by atoms with Crippen LogP contribution in [-0.4, -0.2) is 22.1 Å². The van der Waals surface area contributed by atoms with Gasteiger partial charge in [-0.2, -0.15) is 0 Å². The fourth-order valence-corrected chi connectivity index (χ4v) is 1.53. The van der Waals surface area contributed by atoms with Crippen molar-refractivity contribution in [3.63, 3.8) is 0 Å². The van der Waals surface area contributed by atoms with Gasteiger partial charge in [0.1, 0.15) is 11.0 Å². The van der Waals surface area contributed by atoms with E-state index in [9.17, 15) is 4.79 Å². The van der Waals surface area contributed by atoms with Gasteiger partial charge in [-0.25, -0.2) is 4.98 Å². The van der Waals surface area contributed by atoms with Crippen molar-refractivity contribution >= 4 is 17.3 Å². The van der Waals surface area contributed by atoms with Crippen LogP contribution in [0.4, 0.5) is 0 Å². The molecule has 0 radical (unpaired) electrons. The minimum atomic E-state index is -0.840. The largest absolute Gasteiger partial charge is 0.480 e. The summed E-state index contributed by atoms with van der Waals surface area (Å²) in [5.74, 6) is -0.840. The normalized spacial score (nSPS) is 12.8. The van der Waals surface area contributed by atoms with Crippen LogP contribution in [0.25, 0.3) is 0 Å². The summed E-state index contributed by atoms with van der Waals surface area (Å²) in [6, 6.07) is -0.524. The van der Waals surface area contributed by atoms with Crippen molar-refractivity contribution in [3.05, 3.63) is 16.1 Å². The Morgan fingerprint density at radius 1 is 1.85 bits per heavy atom. The van der Waals surface area contributed by atoms with Gasteiger partial charge in [-0.05, 0) is 13.8 Å². The Kier molecular flexibility index (Phi) is 3.39. The maximum Gasteiger partial charge on any atom is 0.320 e. The first-order valence-electron chi connectivity index (χ1n) is 3.97. The van der Waals surface area contributed by atoms with Crippen molar-refractivity contribution in [1.29, 1.82) is 0 Å². The average Bonchev–Trinajstić information content (AvgIpc) is 2.47. The van der Waals surface area contributed by atoms with Gasteiger partial charge in [0.25, 0.3) is 0 Å². The molecule has 1 atom stereocenters. The molecule has 0 spiro atoms. The molecule has 0 aliphatic rings. The molecule has 0 saturated carbocycles. The second-order valence-corrected chi connectivity index (χ2v) is 3.77. The number of carboxylic acid groups (broad SMARTS) is 1. The first-order valence-corrected chi connectivity index (χ1v) is 4.84. The average molecular weight is 200 g/mol. The van der Waals surface area contributed by atoms with Crippen molar-refractivity contribution < 1.29 is 9.90 Å². The summed E-state index contributed by atoms with van der Waals surface area (Å²) in [6.45, 7) is 4.05. The molecule has 0 unspecified atom stereocenters. The molecule has 72 valence electrons. The summed E-state index contributed by atoms with van der Waals surface area (Å²) >= 11 is 1.54. The summed E-state index contributed by atoms with van der Waals surface area (Å²) in [5, 5.41) is 14.3. The van der Waals surface area contributed by atoms with Crippen molar-refractivity contribution in [2.75, 3.05) is 0 Å². The lowest BCUT2D eigenvalue weighted by molar-refractivity contribution is -0.139. The van der Waals surface area contributed by atoms with Gasteiger partial charge in [0.05, 0.1) is 0 Å². The number of hydrogen-bond acceptors (Lipinski definition) is 4. The van der Waals surface area contributed by atoms with Crippen LogP contribution in [-0.2, 0) is 11.3 Å². The fourth-order valence-electron chi connectivity index (χ4n) is 0.812. The second kappa shape index (κ2) is 4.34. The monoisotopic (exact) mass is 200 g/mol. The van der Waals surface area contributed by atoms with E-state index in [4.69, 9.17) is 5.11 Å². The number of aromatic nitrogens is 1. The quantitative estimate of drug-likeness (QED) is 0.761. The Balaban J connectivity index is 2.39. The van der Waals surface area contributed by atoms with Crippen molar-refractivity contribution in [2.24, 2.45) is 0 Å². The predicted molar refractivity (Wildman–Crippen MR) is 50.8 cm³/mol. The van der Waals surface area contributed by atoms with E-state index >= 15 is 0 Å². The Bertz CT molecular complexity index is 298. The molecule has 4 nitrogen and oxygen atoms in total. The number of carbonyl (C=O) groups is 1. The van der Waals surface area contributed by atoms with E-state index in [0.717, 1.165) is 10.7 Å². The van der Waals surface area contributed by atoms with E-state index in [1.807, 2.05) is 12.3 Å². The van der Waals surface area contributed by atoms with Gasteiger partial charge in [0, 0.05) is 17.6 Å². The lowest BCUT2D eigenvalue weighted by Gasteiger charge is -2.06. The highest BCUT2D eigenvalue weighted by Gasteiger charge is 2.09. The first kappa shape index (κ1) is 10.1. The molecule has 0 bridgehead atoms. The first-order chi connectivity index (χ1) is 6.09. The molecule has 0 fully saturated rings. The summed E-state index contributed by atoms with van der Waals surface area (Å²) < 4.78 is 0. The maximum atomic E-state index is 10.4. The zero-order valence-electron chi connectivity index (χ0n) is 7.57. The molecule has 1 heterocycles. The van der Waals surface area contributed by atoms with Crippen LogP contribution in [0.2, 0.25) is 0 Å². The van der Waals surface area contributed by atoms with Gasteiger partial charge >= 0.3 is 5.97 Å². The van der Waals surface area contributed by atoms with Crippen LogP contribution >= 0.6 is 11.3 Å². The second-order valence-electron chi connectivity index (χ2n) is 2.82. The third-order valence-electron chi connectivity index (χ3n) is 1.60. The Labute approximate surface area is 80.6 Å². The molecule has 0 aromatic carbocycles. The highest BCUT2D eigenvalue weighted by atomic mass is 32.1. The van der Waals surface area contributed by atoms with Crippen LogP contribution in [0, 0.1) is 6.92 Å². The number of aliphatic carboxylic acids is 1. The van der Waals surface area contributed by atoms with Crippen LogP contribution in [0.3, 0.4) is 0 Å². The molecule has 0 saturated heterocycles. The van der Waals surface area contributed by atoms with Gasteiger partial charge in [-0.15, -0.1) is 11.3 Å². The molecule has 2 N–H and O–H groups in total. The number of hydrogen-bond donors (Lipinski definition) is 2.